The van der Waals surface area contributed by atoms with Crippen LogP contribution in [0.15, 0.2) is 24.3 Å². The number of rotatable bonds is 4. The van der Waals surface area contributed by atoms with Gasteiger partial charge in [0.15, 0.2) is 0 Å². The van der Waals surface area contributed by atoms with Gasteiger partial charge in [-0.3, -0.25) is 0 Å². The first kappa shape index (κ1) is 28.3. The second kappa shape index (κ2) is 9.62. The molecule has 1 aliphatic heterocycles. The number of para-hydroxylation sites is 2. The molecule has 0 unspecified atom stereocenters. The number of anilines is 2. The molecule has 6 heteroatoms. The van der Waals surface area contributed by atoms with Crippen LogP contribution in [0.4, 0.5) is 11.4 Å². The molecule has 0 aliphatic carbocycles. The van der Waals surface area contributed by atoms with Crippen LogP contribution < -0.4 is 9.62 Å². The molecule has 0 N–H and O–H groups in total. The Morgan fingerprint density at radius 2 is 0.867 bits per heavy atom. The second-order valence-electron chi connectivity index (χ2n) is 12.4. The number of nitrogens with zero attached hydrogens (tertiary/aromatic N) is 2. The van der Waals surface area contributed by atoms with E-state index in [9.17, 15) is 0 Å². The van der Waals surface area contributed by atoms with Gasteiger partial charge in [-0.15, -0.1) is 0 Å². The SMILES string of the molecule is CC(C)(C)P(CN1[B]N(CP(C(C)(C)C)C(C)(C)C)c2ccccc21)C(C)(C)C.[Ni]. The van der Waals surface area contributed by atoms with E-state index in [-0.39, 0.29) is 32.3 Å². The fourth-order valence-corrected chi connectivity index (χ4v) is 11.4. The average molecular weight is 492 g/mol. The fourth-order valence-electron chi connectivity index (χ4n) is 4.63. The zero-order valence-electron chi connectivity index (χ0n) is 21.4. The molecule has 0 aromatic heterocycles. The van der Waals surface area contributed by atoms with Crippen LogP contribution in [0.3, 0.4) is 0 Å². The van der Waals surface area contributed by atoms with Crippen molar-refractivity contribution in [2.45, 2.75) is 104 Å². The monoisotopic (exact) mass is 491 g/mol. The molecule has 1 heterocycles. The van der Waals surface area contributed by atoms with Crippen LogP contribution in [0, 0.1) is 0 Å². The van der Waals surface area contributed by atoms with Crippen molar-refractivity contribution >= 4 is 34.8 Å². The topological polar surface area (TPSA) is 6.48 Å². The minimum atomic E-state index is -0.189. The summed E-state index contributed by atoms with van der Waals surface area (Å²) in [7, 11) is 2.04. The van der Waals surface area contributed by atoms with Gasteiger partial charge < -0.3 is 9.62 Å². The van der Waals surface area contributed by atoms with Crippen molar-refractivity contribution in [3.8, 4) is 0 Å². The molecule has 0 saturated heterocycles. The fraction of sp³-hybridized carbons (Fsp3) is 0.750. The van der Waals surface area contributed by atoms with Crippen LogP contribution in [0.25, 0.3) is 0 Å². The van der Waals surface area contributed by atoms with Gasteiger partial charge in [0.05, 0.1) is 0 Å². The number of hydrogen-bond acceptors (Lipinski definition) is 2. The Kier molecular flexibility index (Phi) is 9.06. The van der Waals surface area contributed by atoms with Gasteiger partial charge in [-0.25, -0.2) is 0 Å². The van der Waals surface area contributed by atoms with E-state index in [1.54, 1.807) is 0 Å². The molecular weight excluding hydrogens is 448 g/mol. The molecular formula is C24H44BN2NiP2. The van der Waals surface area contributed by atoms with Crippen LogP contribution in [-0.4, -0.2) is 40.7 Å². The number of benzene rings is 1. The molecule has 2 nitrogen and oxygen atoms in total. The first-order valence-electron chi connectivity index (χ1n) is 11.0. The molecule has 0 fully saturated rings. The first-order chi connectivity index (χ1) is 12.9. The summed E-state index contributed by atoms with van der Waals surface area (Å²) in [6, 6.07) is 8.99. The van der Waals surface area contributed by atoms with Crippen molar-refractivity contribution in [3.63, 3.8) is 0 Å². The Morgan fingerprint density at radius 1 is 0.600 bits per heavy atom. The maximum absolute atomic E-state index is 2.55. The van der Waals surface area contributed by atoms with Gasteiger partial charge in [0.2, 0.25) is 0 Å². The molecule has 1 aromatic rings. The molecule has 1 radical (unpaired) electrons. The van der Waals surface area contributed by atoms with Crippen LogP contribution in [0.1, 0.15) is 83.1 Å². The zero-order chi connectivity index (χ0) is 22.4. The summed E-state index contributed by atoms with van der Waals surface area (Å²) in [6.07, 6.45) is 2.25. The van der Waals surface area contributed by atoms with Crippen molar-refractivity contribution in [1.82, 2.24) is 0 Å². The molecule has 0 spiro atoms. The molecule has 0 atom stereocenters. The maximum Gasteiger partial charge on any atom is 0.392 e. The van der Waals surface area contributed by atoms with Crippen molar-refractivity contribution < 1.29 is 16.5 Å². The molecule has 30 heavy (non-hydrogen) atoms. The van der Waals surface area contributed by atoms with E-state index in [4.69, 9.17) is 0 Å². The van der Waals surface area contributed by atoms with Gasteiger partial charge in [0.1, 0.15) is 0 Å². The Bertz CT molecular complexity index is 612. The summed E-state index contributed by atoms with van der Waals surface area (Å²) in [5.74, 6) is 0. The van der Waals surface area contributed by atoms with Gasteiger partial charge >= 0.3 is 7.55 Å². The average Bonchev–Trinajstić information content (AvgIpc) is 2.84. The van der Waals surface area contributed by atoms with Gasteiger partial charge in [-0.05, 0) is 32.8 Å². The molecule has 1 aromatic carbocycles. The van der Waals surface area contributed by atoms with Crippen molar-refractivity contribution in [3.05, 3.63) is 24.3 Å². The Hall–Kier alpha value is 0.238. The normalized spacial score (nSPS) is 15.4. The number of fused-ring (bicyclic) bond motifs is 1. The zero-order valence-corrected chi connectivity index (χ0v) is 24.2. The smallest absolute Gasteiger partial charge is 0.392 e. The molecule has 2 rings (SSSR count). The van der Waals surface area contributed by atoms with E-state index in [1.165, 1.54) is 11.4 Å². The molecule has 0 saturated carbocycles. The third-order valence-electron chi connectivity index (χ3n) is 5.61. The van der Waals surface area contributed by atoms with Crippen LogP contribution >= 0.6 is 15.8 Å². The molecule has 0 bridgehead atoms. The van der Waals surface area contributed by atoms with Crippen LogP contribution in [0.5, 0.6) is 0 Å². The van der Waals surface area contributed by atoms with Gasteiger partial charge in [0, 0.05) is 40.4 Å². The van der Waals surface area contributed by atoms with E-state index in [2.05, 4.69) is 125 Å². The summed E-state index contributed by atoms with van der Waals surface area (Å²) in [5, 5.41) is 1.31. The molecule has 1 aliphatic rings. The van der Waals surface area contributed by atoms with Crippen LogP contribution in [0.2, 0.25) is 0 Å². The Morgan fingerprint density at radius 3 is 1.10 bits per heavy atom. The summed E-state index contributed by atoms with van der Waals surface area (Å²) in [4.78, 5) is 5.10. The first-order valence-corrected chi connectivity index (χ1v) is 14.0. The third-order valence-corrected chi connectivity index (χ3v) is 13.3. The third kappa shape index (κ3) is 6.87. The van der Waals surface area contributed by atoms with E-state index in [0.717, 1.165) is 12.6 Å². The predicted octanol–water partition coefficient (Wildman–Crippen LogP) is 7.92. The van der Waals surface area contributed by atoms with E-state index >= 15 is 0 Å². The predicted molar refractivity (Wildman–Crippen MR) is 140 cm³/mol. The van der Waals surface area contributed by atoms with Crippen molar-refractivity contribution in [2.24, 2.45) is 0 Å². The molecule has 0 amide bonds. The Balaban J connectivity index is 0.00000450. The van der Waals surface area contributed by atoms with Gasteiger partial charge in [0.25, 0.3) is 0 Å². The molecule has 173 valence electrons. The Labute approximate surface area is 201 Å². The van der Waals surface area contributed by atoms with Gasteiger partial charge in [-0.2, -0.15) is 0 Å². The number of hydrogen-bond donors (Lipinski definition) is 0. The summed E-state index contributed by atoms with van der Waals surface area (Å²) < 4.78 is 0. The second-order valence-corrected chi connectivity index (χ2v) is 20.0. The minimum absolute atomic E-state index is 0. The largest absolute Gasteiger partial charge is 0.393 e. The van der Waals surface area contributed by atoms with E-state index in [0.29, 0.717) is 20.6 Å². The summed E-state index contributed by atoms with van der Waals surface area (Å²) >= 11 is 0. The van der Waals surface area contributed by atoms with E-state index in [1.807, 2.05) is 0 Å². The van der Waals surface area contributed by atoms with Gasteiger partial charge in [-0.1, -0.05) is 111 Å². The van der Waals surface area contributed by atoms with Crippen molar-refractivity contribution in [2.75, 3.05) is 22.2 Å². The minimum Gasteiger partial charge on any atom is -0.393 e. The quantitative estimate of drug-likeness (QED) is 0.312. The van der Waals surface area contributed by atoms with Crippen molar-refractivity contribution in [1.29, 1.82) is 0 Å². The van der Waals surface area contributed by atoms with Crippen LogP contribution in [-0.2, 0) is 16.5 Å². The standard InChI is InChI=1S/C24H44BN2P2.Ni/c1-21(2,3)28(22(4,5)6)17-26-19-15-13-14-16-20(19)27(25-26)18-29(23(7,8)9)24(10,11)12;/h13-16H,17-18H2,1-12H3;. The van der Waals surface area contributed by atoms with E-state index < -0.39 is 0 Å². The summed E-state index contributed by atoms with van der Waals surface area (Å²) in [5.41, 5.74) is 2.76. The maximum atomic E-state index is 2.55. The summed E-state index contributed by atoms with van der Waals surface area (Å²) in [6.45, 7) is 29.0.